The maximum absolute atomic E-state index is 5.91. The van der Waals surface area contributed by atoms with Crippen LogP contribution < -0.4 is 10.6 Å². The highest BCUT2D eigenvalue weighted by Gasteiger charge is 2.07. The molecule has 0 saturated carbocycles. The third-order valence-corrected chi connectivity index (χ3v) is 2.70. The molecule has 2 N–H and O–H groups in total. The van der Waals surface area contributed by atoms with Crippen LogP contribution >= 0.6 is 31.9 Å². The van der Waals surface area contributed by atoms with Crippen LogP contribution in [0.3, 0.4) is 0 Å². The van der Waals surface area contributed by atoms with Gasteiger partial charge in [0.2, 0.25) is 0 Å². The zero-order valence-electron chi connectivity index (χ0n) is 7.92. The number of hydrogen-bond donors (Lipinski definition) is 1. The lowest BCUT2D eigenvalue weighted by Crippen LogP contribution is -2.28. The summed E-state index contributed by atoms with van der Waals surface area (Å²) in [6.07, 6.45) is 0. The number of halogens is 2. The number of para-hydroxylation sites is 2. The van der Waals surface area contributed by atoms with Crippen molar-refractivity contribution in [2.24, 2.45) is 0 Å². The Balaban J connectivity index is 2.81. The smallest absolute Gasteiger partial charge is 0.0600 e. The molecule has 1 rings (SSSR count). The summed E-state index contributed by atoms with van der Waals surface area (Å²) in [7, 11) is 0. The summed E-state index contributed by atoms with van der Waals surface area (Å²) >= 11 is 6.89. The molecule has 0 aliphatic carbocycles. The lowest BCUT2D eigenvalue weighted by atomic mass is 10.2. The number of nitrogens with two attached hydrogens (primary N) is 1. The Morgan fingerprint density at radius 1 is 1.07 bits per heavy atom. The Morgan fingerprint density at radius 3 is 2.14 bits per heavy atom. The number of hydrogen-bond acceptors (Lipinski definition) is 2. The fourth-order valence-corrected chi connectivity index (χ4v) is 2.19. The van der Waals surface area contributed by atoms with Gasteiger partial charge in [0.05, 0.1) is 11.4 Å². The standard InChI is InChI=1S/C10H14Br2N2/c11-5-7-14(8-6-12)10-4-2-1-3-9(10)13/h1-4H,5-8,13H2. The first-order valence-corrected chi connectivity index (χ1v) is 6.75. The highest BCUT2D eigenvalue weighted by atomic mass is 79.9. The molecule has 0 radical (unpaired) electrons. The van der Waals surface area contributed by atoms with Crippen molar-refractivity contribution in [2.45, 2.75) is 0 Å². The van der Waals surface area contributed by atoms with Gasteiger partial charge in [-0.05, 0) is 12.1 Å². The van der Waals surface area contributed by atoms with Crippen molar-refractivity contribution in [3.8, 4) is 0 Å². The zero-order valence-corrected chi connectivity index (χ0v) is 11.1. The molecule has 0 saturated heterocycles. The SMILES string of the molecule is Nc1ccccc1N(CCBr)CCBr. The number of nitrogen functional groups attached to an aromatic ring is 1. The number of benzene rings is 1. The van der Waals surface area contributed by atoms with E-state index in [4.69, 9.17) is 5.73 Å². The molecule has 0 atom stereocenters. The summed E-state index contributed by atoms with van der Waals surface area (Å²) in [6.45, 7) is 1.94. The van der Waals surface area contributed by atoms with Crippen molar-refractivity contribution in [2.75, 3.05) is 34.4 Å². The van der Waals surface area contributed by atoms with E-state index in [0.29, 0.717) is 0 Å². The molecule has 2 nitrogen and oxygen atoms in total. The minimum atomic E-state index is 0.842. The van der Waals surface area contributed by atoms with Crippen LogP contribution in [0.15, 0.2) is 24.3 Å². The lowest BCUT2D eigenvalue weighted by Gasteiger charge is -2.24. The monoisotopic (exact) mass is 320 g/mol. The molecule has 1 aromatic carbocycles. The topological polar surface area (TPSA) is 29.3 Å². The summed E-state index contributed by atoms with van der Waals surface area (Å²) in [4.78, 5) is 2.26. The molecule has 0 unspecified atom stereocenters. The summed E-state index contributed by atoms with van der Waals surface area (Å²) in [5.41, 5.74) is 7.87. The van der Waals surface area contributed by atoms with Gasteiger partial charge in [0.15, 0.2) is 0 Å². The fraction of sp³-hybridized carbons (Fsp3) is 0.400. The molecule has 0 amide bonds. The largest absolute Gasteiger partial charge is 0.397 e. The van der Waals surface area contributed by atoms with Crippen molar-refractivity contribution in [1.82, 2.24) is 0 Å². The Kier molecular flexibility index (Phi) is 5.33. The number of rotatable bonds is 5. The first-order valence-electron chi connectivity index (χ1n) is 4.51. The average molecular weight is 322 g/mol. The van der Waals surface area contributed by atoms with Crippen molar-refractivity contribution < 1.29 is 0 Å². The summed E-state index contributed by atoms with van der Waals surface area (Å²) in [6, 6.07) is 7.96. The van der Waals surface area contributed by atoms with E-state index in [1.807, 2.05) is 18.2 Å². The third-order valence-electron chi connectivity index (χ3n) is 1.99. The van der Waals surface area contributed by atoms with Gasteiger partial charge in [-0.3, -0.25) is 0 Å². The van der Waals surface area contributed by atoms with Gasteiger partial charge >= 0.3 is 0 Å². The van der Waals surface area contributed by atoms with Crippen molar-refractivity contribution in [3.63, 3.8) is 0 Å². The van der Waals surface area contributed by atoms with Crippen LogP contribution in [-0.4, -0.2) is 23.7 Å². The van der Waals surface area contributed by atoms with Crippen LogP contribution in [0.4, 0.5) is 11.4 Å². The van der Waals surface area contributed by atoms with Crippen molar-refractivity contribution in [3.05, 3.63) is 24.3 Å². The van der Waals surface area contributed by atoms with E-state index in [9.17, 15) is 0 Å². The Morgan fingerprint density at radius 2 is 1.64 bits per heavy atom. The van der Waals surface area contributed by atoms with Crippen LogP contribution in [0.5, 0.6) is 0 Å². The van der Waals surface area contributed by atoms with Gasteiger partial charge in [0, 0.05) is 23.7 Å². The predicted molar refractivity (Wildman–Crippen MR) is 70.7 cm³/mol. The van der Waals surface area contributed by atoms with E-state index in [-0.39, 0.29) is 0 Å². The molecule has 0 fully saturated rings. The predicted octanol–water partition coefficient (Wildman–Crippen LogP) is 2.87. The minimum absolute atomic E-state index is 0.842. The molecule has 0 bridgehead atoms. The number of nitrogens with zero attached hydrogens (tertiary/aromatic N) is 1. The van der Waals surface area contributed by atoms with E-state index >= 15 is 0 Å². The second kappa shape index (κ2) is 6.30. The van der Waals surface area contributed by atoms with Crippen LogP contribution in [0.25, 0.3) is 0 Å². The van der Waals surface area contributed by atoms with E-state index < -0.39 is 0 Å². The molecular weight excluding hydrogens is 308 g/mol. The Hall–Kier alpha value is -0.220. The lowest BCUT2D eigenvalue weighted by molar-refractivity contribution is 0.887. The molecule has 4 heteroatoms. The maximum atomic E-state index is 5.91. The van der Waals surface area contributed by atoms with Crippen LogP contribution in [0, 0.1) is 0 Å². The normalized spacial score (nSPS) is 10.1. The first-order chi connectivity index (χ1) is 6.79. The average Bonchev–Trinajstić information content (AvgIpc) is 2.18. The molecule has 14 heavy (non-hydrogen) atoms. The molecule has 0 spiro atoms. The maximum Gasteiger partial charge on any atom is 0.0600 e. The van der Waals surface area contributed by atoms with E-state index in [2.05, 4.69) is 42.8 Å². The van der Waals surface area contributed by atoms with Gasteiger partial charge in [-0.2, -0.15) is 0 Å². The number of alkyl halides is 2. The van der Waals surface area contributed by atoms with Crippen LogP contribution in [0.1, 0.15) is 0 Å². The Labute approximate surface area is 102 Å². The first kappa shape index (κ1) is 11.9. The zero-order chi connectivity index (χ0) is 10.4. The Bertz CT molecular complexity index is 273. The van der Waals surface area contributed by atoms with Crippen LogP contribution in [-0.2, 0) is 0 Å². The highest BCUT2D eigenvalue weighted by molar-refractivity contribution is 9.09. The van der Waals surface area contributed by atoms with E-state index in [1.165, 1.54) is 0 Å². The summed E-state index contributed by atoms with van der Waals surface area (Å²) in [5, 5.41) is 1.91. The van der Waals surface area contributed by atoms with Gasteiger partial charge in [-0.1, -0.05) is 44.0 Å². The molecule has 0 aromatic heterocycles. The van der Waals surface area contributed by atoms with Gasteiger partial charge in [-0.25, -0.2) is 0 Å². The van der Waals surface area contributed by atoms with Gasteiger partial charge in [0.25, 0.3) is 0 Å². The molecular formula is C10H14Br2N2. The van der Waals surface area contributed by atoms with Crippen LogP contribution in [0.2, 0.25) is 0 Å². The second-order valence-corrected chi connectivity index (χ2v) is 4.51. The van der Waals surface area contributed by atoms with Gasteiger partial charge in [-0.15, -0.1) is 0 Å². The van der Waals surface area contributed by atoms with Crippen molar-refractivity contribution in [1.29, 1.82) is 0 Å². The third kappa shape index (κ3) is 3.17. The molecule has 78 valence electrons. The molecule has 1 aromatic rings. The molecule has 0 aliphatic heterocycles. The quantitative estimate of drug-likeness (QED) is 0.667. The minimum Gasteiger partial charge on any atom is -0.397 e. The number of anilines is 2. The highest BCUT2D eigenvalue weighted by Crippen LogP contribution is 2.22. The van der Waals surface area contributed by atoms with Gasteiger partial charge in [0.1, 0.15) is 0 Å². The summed E-state index contributed by atoms with van der Waals surface area (Å²) in [5.74, 6) is 0. The van der Waals surface area contributed by atoms with E-state index in [1.54, 1.807) is 0 Å². The van der Waals surface area contributed by atoms with Crippen molar-refractivity contribution >= 4 is 43.2 Å². The fourth-order valence-electron chi connectivity index (χ4n) is 1.33. The summed E-state index contributed by atoms with van der Waals surface area (Å²) < 4.78 is 0. The van der Waals surface area contributed by atoms with E-state index in [0.717, 1.165) is 35.1 Å². The van der Waals surface area contributed by atoms with Gasteiger partial charge < -0.3 is 10.6 Å². The second-order valence-electron chi connectivity index (χ2n) is 2.92. The molecule has 0 aliphatic rings. The molecule has 0 heterocycles.